The van der Waals surface area contributed by atoms with Crippen LogP contribution in [-0.2, 0) is 0 Å². The zero-order chi connectivity index (χ0) is 14.9. The molecule has 2 aromatic carbocycles. The number of rotatable bonds is 2. The number of benzene rings is 2. The van der Waals surface area contributed by atoms with E-state index < -0.39 is 5.82 Å². The number of anilines is 2. The average molecular weight is 337 g/mol. The van der Waals surface area contributed by atoms with Crippen LogP contribution in [0.5, 0.6) is 0 Å². The molecule has 0 aliphatic rings. The normalized spacial score (nSPS) is 10.4. The number of nitrogens with zero attached hydrogens (tertiary/aromatic N) is 1. The maximum atomic E-state index is 13.4. The van der Waals surface area contributed by atoms with Crippen LogP contribution >= 0.6 is 15.9 Å². The van der Waals surface area contributed by atoms with Gasteiger partial charge in [-0.3, -0.25) is 4.79 Å². The van der Waals surface area contributed by atoms with Crippen molar-refractivity contribution in [2.24, 2.45) is 0 Å². The maximum absolute atomic E-state index is 13.4. The summed E-state index contributed by atoms with van der Waals surface area (Å²) < 4.78 is 14.2. The Morgan fingerprint density at radius 1 is 1.25 bits per heavy atom. The Kier molecular flexibility index (Phi) is 4.09. The molecule has 104 valence electrons. The van der Waals surface area contributed by atoms with Crippen LogP contribution in [0.2, 0.25) is 0 Å². The summed E-state index contributed by atoms with van der Waals surface area (Å²) in [7, 11) is 1.61. The number of carbonyl (C=O) groups excluding carboxylic acids is 1. The largest absolute Gasteiger partial charge is 0.397 e. The Morgan fingerprint density at radius 2 is 1.95 bits per heavy atom. The predicted octanol–water partition coefficient (Wildman–Crippen LogP) is 3.76. The standard InChI is InChI=1S/C15H14BrFN2O/c1-9-5-10(7-12(17)6-9)15(20)19(2)14-4-3-11(16)8-13(14)18/h3-8H,18H2,1-2H3. The second-order valence-corrected chi connectivity index (χ2v) is 5.50. The maximum Gasteiger partial charge on any atom is 0.258 e. The van der Waals surface area contributed by atoms with E-state index in [2.05, 4.69) is 15.9 Å². The van der Waals surface area contributed by atoms with Crippen LogP contribution in [0, 0.1) is 12.7 Å². The number of nitrogen functional groups attached to an aromatic ring is 1. The van der Waals surface area contributed by atoms with Gasteiger partial charge in [-0.2, -0.15) is 0 Å². The summed E-state index contributed by atoms with van der Waals surface area (Å²) in [6, 6.07) is 9.51. The van der Waals surface area contributed by atoms with E-state index in [1.54, 1.807) is 38.2 Å². The molecule has 2 rings (SSSR count). The molecule has 0 spiro atoms. The first-order valence-corrected chi connectivity index (χ1v) is 6.78. The van der Waals surface area contributed by atoms with Gasteiger partial charge in [0.2, 0.25) is 0 Å². The van der Waals surface area contributed by atoms with Crippen LogP contribution in [0.3, 0.4) is 0 Å². The summed E-state index contributed by atoms with van der Waals surface area (Å²) in [5.74, 6) is -0.729. The highest BCUT2D eigenvalue weighted by Crippen LogP contribution is 2.27. The van der Waals surface area contributed by atoms with Gasteiger partial charge in [0.1, 0.15) is 5.82 Å². The second-order valence-electron chi connectivity index (χ2n) is 4.58. The zero-order valence-corrected chi connectivity index (χ0v) is 12.7. The Balaban J connectivity index is 2.37. The van der Waals surface area contributed by atoms with E-state index in [1.165, 1.54) is 17.0 Å². The van der Waals surface area contributed by atoms with E-state index in [4.69, 9.17) is 5.73 Å². The van der Waals surface area contributed by atoms with Crippen molar-refractivity contribution >= 4 is 33.2 Å². The summed E-state index contributed by atoms with van der Waals surface area (Å²) in [5, 5.41) is 0. The third kappa shape index (κ3) is 2.99. The zero-order valence-electron chi connectivity index (χ0n) is 11.2. The molecule has 5 heteroatoms. The molecule has 0 aliphatic carbocycles. The summed E-state index contributed by atoms with van der Waals surface area (Å²) in [5.41, 5.74) is 7.96. The monoisotopic (exact) mass is 336 g/mol. The molecular formula is C15H14BrFN2O. The molecule has 2 N–H and O–H groups in total. The molecule has 20 heavy (non-hydrogen) atoms. The Hall–Kier alpha value is -1.88. The first kappa shape index (κ1) is 14.5. The molecule has 0 heterocycles. The fourth-order valence-corrected chi connectivity index (χ4v) is 2.37. The first-order chi connectivity index (χ1) is 9.38. The summed E-state index contributed by atoms with van der Waals surface area (Å²) >= 11 is 3.31. The van der Waals surface area contributed by atoms with Crippen molar-refractivity contribution in [2.45, 2.75) is 6.92 Å². The molecule has 0 fully saturated rings. The number of aryl methyl sites for hydroxylation is 1. The quantitative estimate of drug-likeness (QED) is 0.849. The van der Waals surface area contributed by atoms with Gasteiger partial charge >= 0.3 is 0 Å². The van der Waals surface area contributed by atoms with Crippen molar-refractivity contribution in [3.05, 3.63) is 57.8 Å². The molecule has 0 saturated carbocycles. The molecule has 1 amide bonds. The van der Waals surface area contributed by atoms with Gasteiger partial charge in [0.15, 0.2) is 0 Å². The van der Waals surface area contributed by atoms with Crippen LogP contribution in [-0.4, -0.2) is 13.0 Å². The van der Waals surface area contributed by atoms with E-state index in [1.807, 2.05) is 0 Å². The molecule has 0 atom stereocenters. The molecule has 0 aliphatic heterocycles. The summed E-state index contributed by atoms with van der Waals surface area (Å²) in [6.07, 6.45) is 0. The van der Waals surface area contributed by atoms with Crippen molar-refractivity contribution < 1.29 is 9.18 Å². The lowest BCUT2D eigenvalue weighted by Gasteiger charge is -2.19. The van der Waals surface area contributed by atoms with Gasteiger partial charge in [0, 0.05) is 17.1 Å². The van der Waals surface area contributed by atoms with E-state index in [0.717, 1.165) is 4.47 Å². The average Bonchev–Trinajstić information content (AvgIpc) is 2.36. The van der Waals surface area contributed by atoms with Gasteiger partial charge in [-0.15, -0.1) is 0 Å². The van der Waals surface area contributed by atoms with Crippen LogP contribution in [0.15, 0.2) is 40.9 Å². The fraction of sp³-hybridized carbons (Fsp3) is 0.133. The van der Waals surface area contributed by atoms with Gasteiger partial charge in [-0.25, -0.2) is 4.39 Å². The first-order valence-electron chi connectivity index (χ1n) is 5.99. The van der Waals surface area contributed by atoms with Gasteiger partial charge < -0.3 is 10.6 Å². The van der Waals surface area contributed by atoms with Crippen molar-refractivity contribution in [1.82, 2.24) is 0 Å². The Morgan fingerprint density at radius 3 is 2.55 bits per heavy atom. The van der Waals surface area contributed by atoms with Crippen molar-refractivity contribution in [2.75, 3.05) is 17.7 Å². The highest BCUT2D eigenvalue weighted by Gasteiger charge is 2.16. The number of amides is 1. The molecular weight excluding hydrogens is 323 g/mol. The lowest BCUT2D eigenvalue weighted by atomic mass is 10.1. The second kappa shape index (κ2) is 5.63. The van der Waals surface area contributed by atoms with Crippen LogP contribution in [0.25, 0.3) is 0 Å². The van der Waals surface area contributed by atoms with Crippen molar-refractivity contribution in [3.63, 3.8) is 0 Å². The van der Waals surface area contributed by atoms with Crippen LogP contribution in [0.4, 0.5) is 15.8 Å². The highest BCUT2D eigenvalue weighted by atomic mass is 79.9. The van der Waals surface area contributed by atoms with E-state index in [9.17, 15) is 9.18 Å². The van der Waals surface area contributed by atoms with Crippen LogP contribution < -0.4 is 10.6 Å². The molecule has 2 aromatic rings. The number of halogens is 2. The number of hydrogen-bond donors (Lipinski definition) is 1. The lowest BCUT2D eigenvalue weighted by molar-refractivity contribution is 0.0992. The molecule has 0 unspecified atom stereocenters. The van der Waals surface area contributed by atoms with E-state index >= 15 is 0 Å². The Labute approximate surface area is 125 Å². The van der Waals surface area contributed by atoms with Crippen molar-refractivity contribution in [3.8, 4) is 0 Å². The minimum Gasteiger partial charge on any atom is -0.397 e. The van der Waals surface area contributed by atoms with Gasteiger partial charge in [0.25, 0.3) is 5.91 Å². The van der Waals surface area contributed by atoms with Gasteiger partial charge in [-0.05, 0) is 48.9 Å². The Bertz CT molecular complexity index is 653. The van der Waals surface area contributed by atoms with E-state index in [0.29, 0.717) is 22.5 Å². The van der Waals surface area contributed by atoms with E-state index in [-0.39, 0.29) is 5.91 Å². The number of hydrogen-bond acceptors (Lipinski definition) is 2. The highest BCUT2D eigenvalue weighted by molar-refractivity contribution is 9.10. The van der Waals surface area contributed by atoms with Crippen LogP contribution in [0.1, 0.15) is 15.9 Å². The molecule has 0 radical (unpaired) electrons. The third-order valence-corrected chi connectivity index (χ3v) is 3.44. The summed E-state index contributed by atoms with van der Waals surface area (Å²) in [4.78, 5) is 13.8. The number of nitrogens with two attached hydrogens (primary N) is 1. The molecule has 0 bridgehead atoms. The van der Waals surface area contributed by atoms with Gasteiger partial charge in [0.05, 0.1) is 11.4 Å². The topological polar surface area (TPSA) is 46.3 Å². The molecule has 3 nitrogen and oxygen atoms in total. The van der Waals surface area contributed by atoms with Gasteiger partial charge in [-0.1, -0.05) is 15.9 Å². The minimum atomic E-state index is -0.425. The fourth-order valence-electron chi connectivity index (χ4n) is 1.99. The number of carbonyl (C=O) groups is 1. The molecule has 0 saturated heterocycles. The third-order valence-electron chi connectivity index (χ3n) is 2.94. The smallest absolute Gasteiger partial charge is 0.258 e. The van der Waals surface area contributed by atoms with Crippen molar-refractivity contribution in [1.29, 1.82) is 0 Å². The SMILES string of the molecule is Cc1cc(F)cc(C(=O)N(C)c2ccc(Br)cc2N)c1. The lowest BCUT2D eigenvalue weighted by Crippen LogP contribution is -2.27. The minimum absolute atomic E-state index is 0.298. The summed E-state index contributed by atoms with van der Waals surface area (Å²) in [6.45, 7) is 1.74. The molecule has 0 aromatic heterocycles. The predicted molar refractivity (Wildman–Crippen MR) is 82.4 cm³/mol.